The molecule has 72 heavy (non-hydrogen) atoms. The summed E-state index contributed by atoms with van der Waals surface area (Å²) in [6.07, 6.45) is 3.27. The van der Waals surface area contributed by atoms with Crippen molar-refractivity contribution in [2.24, 2.45) is 0 Å². The fourth-order valence-corrected chi connectivity index (χ4v) is 10.0. The largest absolute Gasteiger partial charge is 0.467 e. The van der Waals surface area contributed by atoms with Crippen molar-refractivity contribution in [1.29, 1.82) is 0 Å². The lowest BCUT2D eigenvalue weighted by atomic mass is 9.84. The molecule has 6 amide bonds. The van der Waals surface area contributed by atoms with Crippen LogP contribution in [0.25, 0.3) is 32.6 Å². The second-order valence-corrected chi connectivity index (χ2v) is 17.7. The van der Waals surface area contributed by atoms with Crippen molar-refractivity contribution < 1.29 is 47.8 Å². The third-order valence-corrected chi connectivity index (χ3v) is 13.5. The summed E-state index contributed by atoms with van der Waals surface area (Å²) in [5, 5.41) is 7.30. The normalized spacial score (nSPS) is 14.8. The number of esters is 2. The van der Waals surface area contributed by atoms with Gasteiger partial charge in [-0.3, -0.25) is 38.6 Å². The van der Waals surface area contributed by atoms with Gasteiger partial charge in [-0.25, -0.2) is 9.59 Å². The number of hydrogen-bond donors (Lipinski definition) is 4. The highest BCUT2D eigenvalue weighted by atomic mass is 16.5. The van der Waals surface area contributed by atoms with Gasteiger partial charge in [0.15, 0.2) is 0 Å². The maximum absolute atomic E-state index is 14.9. The highest BCUT2D eigenvalue weighted by Gasteiger charge is 2.47. The lowest BCUT2D eigenvalue weighted by Crippen LogP contribution is -2.58. The van der Waals surface area contributed by atoms with Gasteiger partial charge in [0.2, 0.25) is 11.8 Å². The minimum atomic E-state index is -1.49. The van der Waals surface area contributed by atoms with Crippen molar-refractivity contribution in [1.82, 2.24) is 30.4 Å². The molecule has 0 aliphatic carbocycles. The fourth-order valence-electron chi connectivity index (χ4n) is 10.0. The van der Waals surface area contributed by atoms with E-state index in [0.29, 0.717) is 11.1 Å². The Labute approximate surface area is 411 Å². The average Bonchev–Trinajstić information content (AvgIpc) is 4.02. The number of hydrogen-bond acceptors (Lipinski definition) is 10. The summed E-state index contributed by atoms with van der Waals surface area (Å²) in [5.41, 5.74) is 4.11. The Bertz CT molecular complexity index is 3210. The van der Waals surface area contributed by atoms with E-state index in [4.69, 9.17) is 9.47 Å². The molecule has 6 aromatic carbocycles. The maximum Gasteiger partial charge on any atom is 0.328 e. The van der Waals surface area contributed by atoms with E-state index in [2.05, 4.69) is 20.6 Å². The van der Waals surface area contributed by atoms with Crippen LogP contribution >= 0.6 is 0 Å². The summed E-state index contributed by atoms with van der Waals surface area (Å²) in [6.45, 7) is 0. The molecule has 0 saturated carbocycles. The van der Waals surface area contributed by atoms with Crippen LogP contribution in [0.2, 0.25) is 0 Å². The molecular formula is C56H46N6O10. The number of carbonyl (C=O) groups excluding carboxylic acids is 8. The summed E-state index contributed by atoms with van der Waals surface area (Å²) >= 11 is 0. The zero-order valence-electron chi connectivity index (χ0n) is 39.0. The van der Waals surface area contributed by atoms with Crippen molar-refractivity contribution in [3.63, 3.8) is 0 Å². The van der Waals surface area contributed by atoms with Crippen LogP contribution in [0.15, 0.2) is 146 Å². The van der Waals surface area contributed by atoms with Crippen LogP contribution in [0.4, 0.5) is 0 Å². The van der Waals surface area contributed by atoms with Gasteiger partial charge in [0, 0.05) is 92.9 Å². The summed E-state index contributed by atoms with van der Waals surface area (Å²) in [4.78, 5) is 124. The van der Waals surface area contributed by atoms with Crippen LogP contribution in [0.1, 0.15) is 63.7 Å². The van der Waals surface area contributed by atoms with Crippen molar-refractivity contribution in [3.05, 3.63) is 190 Å². The SMILES string of the molecule is COC(=O)[C@H](Cc1c[nH]c2ccccc12)NC(=O)[C@@H](Cc1ccccc1)N1C(=O)c2ccc3c4c(ccc(c24)C1=O)C(=O)N([C@@H](Cc1ccccc1)C(=O)N[C@H](Cc1c[nH]c2ccccc12)C(=O)OC)C3=O. The number of benzene rings is 6. The minimum Gasteiger partial charge on any atom is -0.467 e. The smallest absolute Gasteiger partial charge is 0.328 e. The number of carbonyl (C=O) groups is 8. The Hall–Kier alpha value is -9.18. The van der Waals surface area contributed by atoms with Gasteiger partial charge in [0.25, 0.3) is 23.6 Å². The van der Waals surface area contributed by atoms with E-state index in [1.165, 1.54) is 38.5 Å². The quantitative estimate of drug-likeness (QED) is 0.0653. The zero-order valence-corrected chi connectivity index (χ0v) is 39.0. The first-order valence-corrected chi connectivity index (χ1v) is 23.2. The molecule has 4 N–H and O–H groups in total. The third-order valence-electron chi connectivity index (χ3n) is 13.5. The second-order valence-electron chi connectivity index (χ2n) is 17.7. The number of aromatic amines is 2. The first kappa shape index (κ1) is 46.5. The first-order valence-electron chi connectivity index (χ1n) is 23.2. The molecule has 10 rings (SSSR count). The fraction of sp³-hybridized carbons (Fsp3) is 0.179. The van der Waals surface area contributed by atoms with E-state index < -0.39 is 71.5 Å². The van der Waals surface area contributed by atoms with Gasteiger partial charge >= 0.3 is 11.9 Å². The standard InChI is InChI=1S/C56H46N6O10/c1-71-55(69)43(27-33-29-57-41-19-11-9-17-35(33)41)59-49(63)45(25-31-13-5-3-6-14-31)61-51(65)37-21-23-39-48-40(24-22-38(47(37)48)52(61)66)54(68)62(53(39)67)46(26-32-15-7-4-8-16-32)50(64)60-44(56(70)72-2)28-34-30-58-42-20-12-10-18-36(34)42/h3-24,29-30,43-46,57-58H,25-28H2,1-2H3,(H,59,63)(H,60,64)/t43-,44+,45+,46-. The number of H-pyrrole nitrogens is 2. The molecule has 2 aliphatic rings. The molecule has 8 aromatic rings. The number of nitrogens with zero attached hydrogens (tertiary/aromatic N) is 2. The molecular weight excluding hydrogens is 917 g/mol. The number of imide groups is 2. The topological polar surface area (TPSA) is 217 Å². The maximum atomic E-state index is 14.9. The van der Waals surface area contributed by atoms with E-state index >= 15 is 0 Å². The predicted molar refractivity (Wildman–Crippen MR) is 265 cm³/mol. The Kier molecular flexibility index (Phi) is 12.5. The minimum absolute atomic E-state index is 0.0277. The number of para-hydroxylation sites is 2. The van der Waals surface area contributed by atoms with Crippen LogP contribution in [0.5, 0.6) is 0 Å². The highest BCUT2D eigenvalue weighted by Crippen LogP contribution is 2.39. The molecule has 2 aliphatic heterocycles. The van der Waals surface area contributed by atoms with Crippen molar-refractivity contribution >= 4 is 80.0 Å². The molecule has 4 heterocycles. The van der Waals surface area contributed by atoms with Gasteiger partial charge in [0.05, 0.1) is 14.2 Å². The van der Waals surface area contributed by atoms with Gasteiger partial charge in [-0.1, -0.05) is 97.1 Å². The summed E-state index contributed by atoms with van der Waals surface area (Å²) in [5.74, 6) is -6.56. The lowest BCUT2D eigenvalue weighted by Gasteiger charge is -2.37. The van der Waals surface area contributed by atoms with Crippen LogP contribution in [0, 0.1) is 0 Å². The van der Waals surface area contributed by atoms with E-state index in [1.54, 1.807) is 73.1 Å². The molecule has 0 bridgehead atoms. The van der Waals surface area contributed by atoms with Gasteiger partial charge in [-0.15, -0.1) is 0 Å². The Morgan fingerprint density at radius 3 is 1.14 bits per heavy atom. The Morgan fingerprint density at radius 1 is 0.458 bits per heavy atom. The predicted octanol–water partition coefficient (Wildman–Crippen LogP) is 6.02. The Balaban J connectivity index is 0.985. The lowest BCUT2D eigenvalue weighted by molar-refractivity contribution is -0.145. The van der Waals surface area contributed by atoms with E-state index in [1.807, 2.05) is 48.5 Å². The molecule has 0 fully saturated rings. The summed E-state index contributed by atoms with van der Waals surface area (Å²) < 4.78 is 10.2. The molecule has 360 valence electrons. The average molecular weight is 963 g/mol. The number of aromatic nitrogens is 2. The first-order chi connectivity index (χ1) is 34.9. The molecule has 0 unspecified atom stereocenters. The monoisotopic (exact) mass is 962 g/mol. The van der Waals surface area contributed by atoms with E-state index in [-0.39, 0.29) is 58.7 Å². The molecule has 0 saturated heterocycles. The number of amides is 6. The molecule has 4 atom stereocenters. The molecule has 0 spiro atoms. The summed E-state index contributed by atoms with van der Waals surface area (Å²) in [6, 6.07) is 32.6. The molecule has 16 nitrogen and oxygen atoms in total. The highest BCUT2D eigenvalue weighted by molar-refractivity contribution is 6.34. The number of rotatable bonds is 16. The Morgan fingerprint density at radius 2 is 0.792 bits per heavy atom. The number of ether oxygens (including phenoxy) is 2. The van der Waals surface area contributed by atoms with Crippen molar-refractivity contribution in [2.75, 3.05) is 14.2 Å². The van der Waals surface area contributed by atoms with Gasteiger partial charge in [0.1, 0.15) is 24.2 Å². The van der Waals surface area contributed by atoms with Gasteiger partial charge in [-0.05, 0) is 58.7 Å². The third kappa shape index (κ3) is 8.42. The van der Waals surface area contributed by atoms with E-state index in [0.717, 1.165) is 42.7 Å². The van der Waals surface area contributed by atoms with Crippen LogP contribution in [-0.2, 0) is 54.3 Å². The molecule has 16 heteroatoms. The van der Waals surface area contributed by atoms with Crippen LogP contribution < -0.4 is 10.6 Å². The van der Waals surface area contributed by atoms with Gasteiger partial charge < -0.3 is 30.1 Å². The van der Waals surface area contributed by atoms with Crippen molar-refractivity contribution in [2.45, 2.75) is 49.9 Å². The van der Waals surface area contributed by atoms with E-state index in [9.17, 15) is 38.4 Å². The molecule has 2 aromatic heterocycles. The summed E-state index contributed by atoms with van der Waals surface area (Å²) in [7, 11) is 2.40. The number of nitrogens with one attached hydrogen (secondary N) is 4. The molecule has 0 radical (unpaired) electrons. The number of methoxy groups -OCH3 is 2. The number of fused-ring (bicyclic) bond motifs is 2. The van der Waals surface area contributed by atoms with Crippen LogP contribution in [-0.4, -0.2) is 106 Å². The van der Waals surface area contributed by atoms with Crippen LogP contribution in [0.3, 0.4) is 0 Å². The second kappa shape index (κ2) is 19.3. The zero-order chi connectivity index (χ0) is 50.2. The van der Waals surface area contributed by atoms with Crippen molar-refractivity contribution in [3.8, 4) is 0 Å². The van der Waals surface area contributed by atoms with Gasteiger partial charge in [-0.2, -0.15) is 0 Å².